The van der Waals surface area contributed by atoms with Crippen molar-refractivity contribution in [3.05, 3.63) is 111 Å². The van der Waals surface area contributed by atoms with Crippen LogP contribution in [-0.4, -0.2) is 17.8 Å². The molecule has 0 radical (unpaired) electrons. The van der Waals surface area contributed by atoms with E-state index < -0.39 is 5.91 Å². The second-order valence-corrected chi connectivity index (χ2v) is 11.6. The highest BCUT2D eigenvalue weighted by Crippen LogP contribution is 2.34. The molecule has 0 unspecified atom stereocenters. The molecule has 0 atom stereocenters. The predicted molar refractivity (Wildman–Crippen MR) is 168 cm³/mol. The van der Waals surface area contributed by atoms with Gasteiger partial charge in [0.05, 0.1) is 11.4 Å². The SMILES string of the molecule is N=NN=C(N)NC(=O)c1ccc(CN(C(=O)c2cc(-c3ccc(Cl)cc3)cs2)c2ccc(C3CCCCC3)cc2)cc1. The Hall–Kier alpha value is -4.34. The van der Waals surface area contributed by atoms with Crippen molar-refractivity contribution < 1.29 is 9.59 Å². The molecular formula is C32H31ClN6O2S. The minimum absolute atomic E-state index is 0.101. The Morgan fingerprint density at radius 3 is 2.31 bits per heavy atom. The van der Waals surface area contributed by atoms with Gasteiger partial charge in [0.2, 0.25) is 5.96 Å². The highest BCUT2D eigenvalue weighted by molar-refractivity contribution is 7.12. The maximum absolute atomic E-state index is 14.0. The normalized spacial score (nSPS) is 13.9. The van der Waals surface area contributed by atoms with Crippen LogP contribution in [0.5, 0.6) is 0 Å². The number of nitrogens with two attached hydrogens (primary N) is 1. The minimum Gasteiger partial charge on any atom is -0.368 e. The molecular weight excluding hydrogens is 568 g/mol. The van der Waals surface area contributed by atoms with Crippen LogP contribution in [-0.2, 0) is 6.54 Å². The van der Waals surface area contributed by atoms with Gasteiger partial charge < -0.3 is 10.6 Å². The zero-order chi connectivity index (χ0) is 29.5. The van der Waals surface area contributed by atoms with Crippen molar-refractivity contribution in [3.63, 3.8) is 0 Å². The Balaban J connectivity index is 1.40. The van der Waals surface area contributed by atoms with Crippen molar-refractivity contribution in [2.75, 3.05) is 4.90 Å². The van der Waals surface area contributed by atoms with Gasteiger partial charge in [-0.15, -0.1) is 11.3 Å². The standard InChI is InChI=1S/C32H31ClN6O2S/c33-27-14-10-24(11-15-27)26-18-29(42-20-26)31(41)39(28-16-12-23(13-17-28)22-4-2-1-3-5-22)19-21-6-8-25(9-7-21)30(40)36-32(34)37-38-35/h6-18,20,22H,1-5,19H2,(H4,34,35,36,37,40). The van der Waals surface area contributed by atoms with Crippen molar-refractivity contribution in [2.45, 2.75) is 44.6 Å². The van der Waals surface area contributed by atoms with E-state index in [1.807, 2.05) is 47.8 Å². The molecule has 1 fully saturated rings. The van der Waals surface area contributed by atoms with Crippen LogP contribution in [0.2, 0.25) is 5.02 Å². The van der Waals surface area contributed by atoms with Gasteiger partial charge in [0.1, 0.15) is 0 Å². The number of benzene rings is 3. The van der Waals surface area contributed by atoms with Crippen LogP contribution in [0.15, 0.2) is 94.6 Å². The number of guanidine groups is 1. The third kappa shape index (κ3) is 7.10. The topological polar surface area (TPSA) is 124 Å². The summed E-state index contributed by atoms with van der Waals surface area (Å²) < 4.78 is 0. The van der Waals surface area contributed by atoms with Crippen LogP contribution >= 0.6 is 22.9 Å². The van der Waals surface area contributed by atoms with Crippen LogP contribution in [0.4, 0.5) is 5.69 Å². The van der Waals surface area contributed by atoms with E-state index in [0.29, 0.717) is 27.9 Å². The third-order valence-corrected chi connectivity index (χ3v) is 8.64. The van der Waals surface area contributed by atoms with Gasteiger partial charge in [-0.05, 0) is 94.1 Å². The Morgan fingerprint density at radius 2 is 1.64 bits per heavy atom. The van der Waals surface area contributed by atoms with Crippen LogP contribution in [0.3, 0.4) is 0 Å². The molecule has 10 heteroatoms. The quantitative estimate of drug-likeness (QED) is 0.0824. The number of nitrogens with one attached hydrogen (secondary N) is 2. The molecule has 0 bridgehead atoms. The summed E-state index contributed by atoms with van der Waals surface area (Å²) in [5.74, 6) is -0.258. The predicted octanol–water partition coefficient (Wildman–Crippen LogP) is 7.95. The molecule has 8 nitrogen and oxygen atoms in total. The molecule has 0 spiro atoms. The van der Waals surface area contributed by atoms with Crippen molar-refractivity contribution >= 4 is 46.4 Å². The number of rotatable bonds is 8. The molecule has 3 aromatic carbocycles. The van der Waals surface area contributed by atoms with E-state index in [-0.39, 0.29) is 11.9 Å². The Labute approximate surface area is 253 Å². The van der Waals surface area contributed by atoms with Gasteiger partial charge in [0.25, 0.3) is 11.8 Å². The van der Waals surface area contributed by atoms with E-state index in [9.17, 15) is 9.59 Å². The zero-order valence-electron chi connectivity index (χ0n) is 22.9. The highest BCUT2D eigenvalue weighted by Gasteiger charge is 2.22. The first-order valence-corrected chi connectivity index (χ1v) is 15.0. The van der Waals surface area contributed by atoms with E-state index in [0.717, 1.165) is 22.4 Å². The summed E-state index contributed by atoms with van der Waals surface area (Å²) in [6.45, 7) is 0.318. The maximum atomic E-state index is 14.0. The Kier molecular flexibility index (Phi) is 9.41. The van der Waals surface area contributed by atoms with Crippen molar-refractivity contribution in [1.82, 2.24) is 5.32 Å². The molecule has 0 aliphatic heterocycles. The number of anilines is 1. The molecule has 214 valence electrons. The molecule has 42 heavy (non-hydrogen) atoms. The lowest BCUT2D eigenvalue weighted by molar-refractivity contribution is 0.0972. The summed E-state index contributed by atoms with van der Waals surface area (Å²) in [4.78, 5) is 28.8. The fourth-order valence-corrected chi connectivity index (χ4v) is 6.22. The minimum atomic E-state index is -0.467. The lowest BCUT2D eigenvalue weighted by atomic mass is 9.84. The highest BCUT2D eigenvalue weighted by atomic mass is 35.5. The fraction of sp³-hybridized carbons (Fsp3) is 0.219. The molecule has 1 aromatic heterocycles. The second kappa shape index (κ2) is 13.5. The number of hydrogen-bond donors (Lipinski definition) is 3. The second-order valence-electron chi connectivity index (χ2n) is 10.3. The number of amides is 2. The molecule has 2 amide bonds. The first-order valence-electron chi connectivity index (χ1n) is 13.8. The van der Waals surface area contributed by atoms with E-state index in [1.54, 1.807) is 29.2 Å². The Bertz CT molecular complexity index is 1580. The molecule has 0 saturated heterocycles. The van der Waals surface area contributed by atoms with E-state index in [4.69, 9.17) is 22.9 Å². The summed E-state index contributed by atoms with van der Waals surface area (Å²) in [5, 5.41) is 11.1. The summed E-state index contributed by atoms with van der Waals surface area (Å²) >= 11 is 7.47. The lowest BCUT2D eigenvalue weighted by Crippen LogP contribution is -2.36. The van der Waals surface area contributed by atoms with Crippen molar-refractivity contribution in [3.8, 4) is 11.1 Å². The monoisotopic (exact) mass is 598 g/mol. The van der Waals surface area contributed by atoms with E-state index in [1.165, 1.54) is 49.0 Å². The maximum Gasteiger partial charge on any atom is 0.268 e. The number of halogens is 1. The van der Waals surface area contributed by atoms with Crippen LogP contribution in [0.1, 0.15) is 69.2 Å². The fourth-order valence-electron chi connectivity index (χ4n) is 5.23. The number of carbonyl (C=O) groups is 2. The molecule has 4 aromatic rings. The van der Waals surface area contributed by atoms with Crippen molar-refractivity contribution in [2.24, 2.45) is 16.1 Å². The van der Waals surface area contributed by atoms with Gasteiger partial charge in [0.15, 0.2) is 0 Å². The van der Waals surface area contributed by atoms with Crippen molar-refractivity contribution in [1.29, 1.82) is 5.53 Å². The third-order valence-electron chi connectivity index (χ3n) is 7.47. The smallest absolute Gasteiger partial charge is 0.268 e. The molecule has 4 N–H and O–H groups in total. The van der Waals surface area contributed by atoms with Gasteiger partial charge in [-0.25, -0.2) is 0 Å². The molecule has 5 rings (SSSR count). The summed E-state index contributed by atoms with van der Waals surface area (Å²) in [5.41, 5.74) is 17.6. The van der Waals surface area contributed by atoms with Gasteiger partial charge in [-0.1, -0.05) is 72.4 Å². The number of hydrogen-bond acceptors (Lipinski definition) is 5. The van der Waals surface area contributed by atoms with Crippen LogP contribution in [0, 0.1) is 5.53 Å². The van der Waals surface area contributed by atoms with Gasteiger partial charge >= 0.3 is 0 Å². The molecule has 1 saturated carbocycles. The first kappa shape index (κ1) is 29.2. The number of carbonyl (C=O) groups excluding carboxylic acids is 2. The lowest BCUT2D eigenvalue weighted by Gasteiger charge is -2.25. The largest absolute Gasteiger partial charge is 0.368 e. The van der Waals surface area contributed by atoms with Gasteiger partial charge in [-0.2, -0.15) is 5.53 Å². The Morgan fingerprint density at radius 1 is 0.952 bits per heavy atom. The average Bonchev–Trinajstić information content (AvgIpc) is 3.51. The number of nitrogens with zero attached hydrogens (tertiary/aromatic N) is 3. The van der Waals surface area contributed by atoms with E-state index in [2.05, 4.69) is 27.8 Å². The number of thiophene rings is 1. The average molecular weight is 599 g/mol. The summed E-state index contributed by atoms with van der Waals surface area (Å²) in [6, 6.07) is 24.8. The first-order chi connectivity index (χ1) is 20.4. The summed E-state index contributed by atoms with van der Waals surface area (Å²) in [7, 11) is 0. The molecule has 1 heterocycles. The van der Waals surface area contributed by atoms with Gasteiger partial charge in [0, 0.05) is 16.3 Å². The van der Waals surface area contributed by atoms with Gasteiger partial charge in [-0.3, -0.25) is 14.9 Å². The molecule has 1 aliphatic carbocycles. The van der Waals surface area contributed by atoms with E-state index >= 15 is 0 Å². The molecule has 1 aliphatic rings. The summed E-state index contributed by atoms with van der Waals surface area (Å²) in [6.07, 6.45) is 6.24. The van der Waals surface area contributed by atoms with Crippen LogP contribution in [0.25, 0.3) is 11.1 Å². The zero-order valence-corrected chi connectivity index (χ0v) is 24.5. The van der Waals surface area contributed by atoms with Crippen LogP contribution < -0.4 is 16.0 Å².